The molecule has 1 heteroatoms. The van der Waals surface area contributed by atoms with Crippen molar-refractivity contribution in [2.75, 3.05) is 6.54 Å². The largest absolute Gasteiger partial charge is 0.293 e. The van der Waals surface area contributed by atoms with Crippen LogP contribution in [0.3, 0.4) is 0 Å². The van der Waals surface area contributed by atoms with Gasteiger partial charge in [0.2, 0.25) is 0 Å². The number of hydrogen-bond donors (Lipinski definition) is 0. The maximum Gasteiger partial charge on any atom is 0.0249 e. The molecule has 0 aromatic heterocycles. The minimum Gasteiger partial charge on any atom is -0.293 e. The molecule has 0 radical (unpaired) electrons. The molecule has 2 rings (SSSR count). The molecule has 0 amide bonds. The lowest BCUT2D eigenvalue weighted by atomic mass is 9.74. The summed E-state index contributed by atoms with van der Waals surface area (Å²) in [5, 5.41) is 0. The van der Waals surface area contributed by atoms with E-state index >= 15 is 0 Å². The first kappa shape index (κ1) is 11.4. The average Bonchev–Trinajstić information content (AvgIpc) is 2.56. The molecule has 0 aromatic rings. The van der Waals surface area contributed by atoms with E-state index in [2.05, 4.69) is 46.4 Å². The maximum absolute atomic E-state index is 2.79. The van der Waals surface area contributed by atoms with Crippen LogP contribution in [0.25, 0.3) is 0 Å². The van der Waals surface area contributed by atoms with Crippen molar-refractivity contribution in [2.24, 2.45) is 11.3 Å². The van der Waals surface area contributed by atoms with Crippen LogP contribution in [-0.4, -0.2) is 22.5 Å². The van der Waals surface area contributed by atoms with Gasteiger partial charge in [-0.25, -0.2) is 0 Å². The second kappa shape index (κ2) is 3.00. The van der Waals surface area contributed by atoms with Crippen LogP contribution in [0.5, 0.6) is 0 Å². The summed E-state index contributed by atoms with van der Waals surface area (Å²) >= 11 is 0. The zero-order valence-electron chi connectivity index (χ0n) is 11.4. The van der Waals surface area contributed by atoms with Crippen LogP contribution in [0.2, 0.25) is 0 Å². The number of hydrogen-bond acceptors (Lipinski definition) is 1. The molecule has 0 bridgehead atoms. The summed E-state index contributed by atoms with van der Waals surface area (Å²) in [4.78, 5) is 2.79. The Morgan fingerprint density at radius 1 is 1.00 bits per heavy atom. The molecule has 0 aromatic carbocycles. The number of nitrogens with zero attached hydrogens (tertiary/aromatic N) is 1. The first-order valence-corrected chi connectivity index (χ1v) is 6.46. The van der Waals surface area contributed by atoms with Crippen LogP contribution >= 0.6 is 0 Å². The van der Waals surface area contributed by atoms with Crippen LogP contribution in [0.4, 0.5) is 0 Å². The molecule has 15 heavy (non-hydrogen) atoms. The fourth-order valence-corrected chi connectivity index (χ4v) is 3.93. The lowest BCUT2D eigenvalue weighted by Gasteiger charge is -2.42. The maximum atomic E-state index is 2.79. The van der Waals surface area contributed by atoms with E-state index in [9.17, 15) is 0 Å². The Bertz CT molecular complexity index is 225. The number of likely N-dealkylation sites (tertiary alicyclic amines) is 1. The minimum atomic E-state index is 0.358. The lowest BCUT2D eigenvalue weighted by molar-refractivity contribution is 0.0628. The molecule has 1 nitrogen and oxygen atoms in total. The molecule has 2 fully saturated rings. The van der Waals surface area contributed by atoms with Gasteiger partial charge in [0.05, 0.1) is 0 Å². The highest BCUT2D eigenvalue weighted by atomic mass is 15.3. The molecule has 1 heterocycles. The van der Waals surface area contributed by atoms with Crippen molar-refractivity contribution in [3.05, 3.63) is 0 Å². The fraction of sp³-hybridized carbons (Fsp3) is 1.00. The highest BCUT2D eigenvalue weighted by molar-refractivity contribution is 5.16. The molecule has 2 aliphatic rings. The highest BCUT2D eigenvalue weighted by Gasteiger charge is 2.62. The summed E-state index contributed by atoms with van der Waals surface area (Å²) in [6, 6.07) is 0. The lowest BCUT2D eigenvalue weighted by Crippen LogP contribution is -2.49. The molecule has 1 saturated heterocycles. The third kappa shape index (κ3) is 1.73. The van der Waals surface area contributed by atoms with Crippen molar-refractivity contribution < 1.29 is 0 Å². The highest BCUT2D eigenvalue weighted by Crippen LogP contribution is 2.60. The van der Waals surface area contributed by atoms with Crippen molar-refractivity contribution in [1.82, 2.24) is 4.90 Å². The van der Waals surface area contributed by atoms with Crippen LogP contribution < -0.4 is 0 Å². The monoisotopic (exact) mass is 209 g/mol. The predicted molar refractivity (Wildman–Crippen MR) is 66.0 cm³/mol. The van der Waals surface area contributed by atoms with E-state index in [1.165, 1.54) is 25.8 Å². The van der Waals surface area contributed by atoms with Gasteiger partial charge < -0.3 is 0 Å². The molecule has 1 saturated carbocycles. The van der Waals surface area contributed by atoms with Crippen LogP contribution in [0.15, 0.2) is 0 Å². The van der Waals surface area contributed by atoms with Crippen molar-refractivity contribution in [3.8, 4) is 0 Å². The van der Waals surface area contributed by atoms with E-state index in [4.69, 9.17) is 0 Å². The van der Waals surface area contributed by atoms with Crippen molar-refractivity contribution >= 4 is 0 Å². The molecule has 1 aliphatic carbocycles. The third-order valence-electron chi connectivity index (χ3n) is 4.44. The quantitative estimate of drug-likeness (QED) is 0.588. The Morgan fingerprint density at radius 2 is 1.53 bits per heavy atom. The average molecular weight is 209 g/mol. The summed E-state index contributed by atoms with van der Waals surface area (Å²) < 4.78 is 0. The third-order valence-corrected chi connectivity index (χ3v) is 4.44. The van der Waals surface area contributed by atoms with Crippen molar-refractivity contribution in [2.45, 2.75) is 71.9 Å². The molecule has 88 valence electrons. The minimum absolute atomic E-state index is 0.358. The Hall–Kier alpha value is -0.0400. The zero-order chi connectivity index (χ0) is 11.5. The summed E-state index contributed by atoms with van der Waals surface area (Å²) in [6.45, 7) is 15.7. The SMILES string of the molecule is CC(C)(C)C1CCN(C(C)(C)C)C12CC2. The van der Waals surface area contributed by atoms with Gasteiger partial charge >= 0.3 is 0 Å². The second-order valence-electron chi connectivity index (χ2n) is 7.63. The Kier molecular flexibility index (Phi) is 2.29. The first-order valence-electron chi connectivity index (χ1n) is 6.46. The molecule has 1 aliphatic heterocycles. The van der Waals surface area contributed by atoms with E-state index in [0.29, 0.717) is 16.5 Å². The van der Waals surface area contributed by atoms with Crippen LogP contribution in [0.1, 0.15) is 60.8 Å². The van der Waals surface area contributed by atoms with Crippen molar-refractivity contribution in [1.29, 1.82) is 0 Å². The van der Waals surface area contributed by atoms with Gasteiger partial charge in [-0.15, -0.1) is 0 Å². The van der Waals surface area contributed by atoms with Gasteiger partial charge in [-0.1, -0.05) is 20.8 Å². The molecular weight excluding hydrogens is 182 g/mol. The van der Waals surface area contributed by atoms with Crippen LogP contribution in [0, 0.1) is 11.3 Å². The Balaban J connectivity index is 2.23. The fourth-order valence-electron chi connectivity index (χ4n) is 3.93. The van der Waals surface area contributed by atoms with Gasteiger partial charge in [0.15, 0.2) is 0 Å². The Morgan fingerprint density at radius 3 is 1.87 bits per heavy atom. The molecule has 0 N–H and O–H groups in total. The molecule has 1 atom stereocenters. The normalized spacial score (nSPS) is 31.2. The van der Waals surface area contributed by atoms with E-state index < -0.39 is 0 Å². The molecule has 1 unspecified atom stereocenters. The van der Waals surface area contributed by atoms with E-state index in [1.54, 1.807) is 0 Å². The van der Waals surface area contributed by atoms with Gasteiger partial charge in [-0.3, -0.25) is 4.90 Å². The summed E-state index contributed by atoms with van der Waals surface area (Å²) in [5.74, 6) is 0.907. The Labute approximate surface area is 95.2 Å². The summed E-state index contributed by atoms with van der Waals surface area (Å²) in [6.07, 6.45) is 4.28. The second-order valence-corrected chi connectivity index (χ2v) is 7.63. The van der Waals surface area contributed by atoms with Gasteiger partial charge in [-0.05, 0) is 57.9 Å². The predicted octanol–water partition coefficient (Wildman–Crippen LogP) is 3.69. The number of rotatable bonds is 0. The van der Waals surface area contributed by atoms with Crippen molar-refractivity contribution in [3.63, 3.8) is 0 Å². The van der Waals surface area contributed by atoms with Gasteiger partial charge in [0, 0.05) is 11.1 Å². The van der Waals surface area contributed by atoms with Gasteiger partial charge in [-0.2, -0.15) is 0 Å². The zero-order valence-corrected chi connectivity index (χ0v) is 11.4. The van der Waals surface area contributed by atoms with E-state index in [1.807, 2.05) is 0 Å². The topological polar surface area (TPSA) is 3.24 Å². The van der Waals surface area contributed by atoms with Gasteiger partial charge in [0.1, 0.15) is 0 Å². The van der Waals surface area contributed by atoms with E-state index in [-0.39, 0.29) is 0 Å². The first-order chi connectivity index (χ1) is 6.68. The molecular formula is C14H27N. The molecule has 1 spiro atoms. The summed E-state index contributed by atoms with van der Waals surface area (Å²) in [5.41, 5.74) is 1.42. The van der Waals surface area contributed by atoms with Gasteiger partial charge in [0.25, 0.3) is 0 Å². The summed E-state index contributed by atoms with van der Waals surface area (Å²) in [7, 11) is 0. The standard InChI is InChI=1S/C14H27N/c1-12(2,3)11-7-10-15(13(4,5)6)14(11)8-9-14/h11H,7-10H2,1-6H3. The van der Waals surface area contributed by atoms with Crippen LogP contribution in [-0.2, 0) is 0 Å². The smallest absolute Gasteiger partial charge is 0.0249 e. The van der Waals surface area contributed by atoms with E-state index in [0.717, 1.165) is 5.92 Å².